The van der Waals surface area contributed by atoms with Gasteiger partial charge >= 0.3 is 0 Å². The first-order valence-corrected chi connectivity index (χ1v) is 44.4. The van der Waals surface area contributed by atoms with Crippen LogP contribution >= 0.6 is 0 Å². The SMILES string of the molecule is [2H]c1c([2H])c([2H])c2c(-c3ccc4c(ccc5ccccc54)c3)c3c([2H])c([2H])c([2H])c([2H])c3c(-c3ccc(-c4cccc5oc6ccccc6c45)cc3)c2c1[2H].[2H]c1c([2H])c([2H])c2c(-c3ccc4ccccc4c3)c3c([2H])c([2H])c([2H])c([2H])c3c(-c3ccc(-c4cccc5oc6ccccc6c45)cc3)c2c1[2H].[2H]c1c([2H])c([2H])c2c(-c3ccccc3-c3ccccc3)c3c([2H])c([2H])c([2H])c([2H])c3c(-c3ccc(-c4cccc5oc6ccccc6c45)cc3)c2c1[2H]. The van der Waals surface area contributed by atoms with Gasteiger partial charge in [0.15, 0.2) is 0 Å². The minimum absolute atomic E-state index is 0.182. The molecular formula is C132H82O3. The molecule has 0 saturated heterocycles. The van der Waals surface area contributed by atoms with Gasteiger partial charge in [-0.15, -0.1) is 0 Å². The van der Waals surface area contributed by atoms with E-state index in [2.05, 4.69) is 0 Å². The van der Waals surface area contributed by atoms with E-state index in [1.54, 1.807) is 0 Å². The van der Waals surface area contributed by atoms with Crippen molar-refractivity contribution in [2.24, 2.45) is 0 Å². The van der Waals surface area contributed by atoms with Gasteiger partial charge in [0, 0.05) is 32.3 Å². The van der Waals surface area contributed by atoms with Gasteiger partial charge in [-0.2, -0.15) is 0 Å². The summed E-state index contributed by atoms with van der Waals surface area (Å²) in [6.07, 6.45) is 0. The summed E-state index contributed by atoms with van der Waals surface area (Å²) < 4.78 is 235. The first kappa shape index (κ1) is 57.3. The Labute approximate surface area is 812 Å². The average molecular weight is 1740 g/mol. The van der Waals surface area contributed by atoms with E-state index >= 15 is 0 Å². The lowest BCUT2D eigenvalue weighted by Gasteiger charge is -2.20. The Morgan fingerprint density at radius 2 is 0.378 bits per heavy atom. The summed E-state index contributed by atoms with van der Waals surface area (Å²) in [5.74, 6) is 0. The van der Waals surface area contributed by atoms with E-state index in [4.69, 9.17) is 29.7 Å². The van der Waals surface area contributed by atoms with Crippen molar-refractivity contribution in [3.05, 3.63) is 497 Å². The second-order valence-electron chi connectivity index (χ2n) is 33.5. The van der Waals surface area contributed by atoms with Crippen LogP contribution in [0.25, 0.3) is 274 Å². The number of rotatable bonds is 10. The zero-order chi connectivity index (χ0) is 110. The van der Waals surface area contributed by atoms with E-state index in [0.29, 0.717) is 66.8 Å². The number of para-hydroxylation sites is 3. The lowest BCUT2D eigenvalue weighted by molar-refractivity contribution is 0.668. The van der Waals surface area contributed by atoms with Gasteiger partial charge in [-0.1, -0.05) is 448 Å². The zero-order valence-corrected chi connectivity index (χ0v) is 71.7. The summed E-state index contributed by atoms with van der Waals surface area (Å²) in [7, 11) is 0. The predicted molar refractivity (Wildman–Crippen MR) is 573 cm³/mol. The summed E-state index contributed by atoms with van der Waals surface area (Å²) in [6.45, 7) is 0. The van der Waals surface area contributed by atoms with Crippen LogP contribution in [0.4, 0.5) is 0 Å². The number of hydrogen-bond donors (Lipinski definition) is 0. The van der Waals surface area contributed by atoms with Gasteiger partial charge in [-0.3, -0.25) is 0 Å². The third kappa shape index (κ3) is 13.3. The fourth-order valence-corrected chi connectivity index (χ4v) is 20.2. The maximum Gasteiger partial charge on any atom is 0.136 e. The molecule has 0 bridgehead atoms. The van der Waals surface area contributed by atoms with E-state index < -0.39 is 72.5 Å². The maximum atomic E-state index is 9.33. The second kappa shape index (κ2) is 32.7. The molecule has 3 nitrogen and oxygen atoms in total. The molecule has 0 saturated carbocycles. The minimum Gasteiger partial charge on any atom is -0.456 e. The van der Waals surface area contributed by atoms with Crippen molar-refractivity contribution in [3.8, 4) is 111 Å². The number of hydrogen-bond acceptors (Lipinski definition) is 3. The standard InChI is InChI=1S/C46H28O.C44H28O.C42H26O/c1-2-11-34-29(10-1)22-25-32-28-33(26-27-35(32)34)45-39-14-5-3-12-37(39)44(38-13-4-6-15-40(38)45)31-23-20-30(21-24-31)36-17-9-19-43-46(36)41-16-7-8-18-42(41)47-43;1-2-13-29(14-3-1)32-15-4-5-16-34(32)43-37-19-8-6-17-35(37)42(36-18-7-9-20-38(36)43)31-27-25-30(26-28-31)33-22-12-24-41-44(33)39-21-10-11-23-40(39)45-41;1-2-11-30-26-31(25-20-27(30)10-1)41-35-14-5-3-12-33(35)40(34-13-4-6-15-36(34)41)29-23-21-28(22-24-29)32-17-9-19-39-42(32)37-16-7-8-18-38(37)43-39/h1-28H;1-28H;1-26H/i3D,4D,5D,6D,12D,13D,14D,15D;6D,7D,8D,9D,17D,18D,19D,20D;3D,4D,5D,6D,12D,13D,14D,15D. The van der Waals surface area contributed by atoms with Crippen LogP contribution < -0.4 is 0 Å². The van der Waals surface area contributed by atoms with Crippen molar-refractivity contribution < 1.29 is 46.1 Å². The molecule has 28 rings (SSSR count). The average Bonchev–Trinajstić information content (AvgIpc) is 1.23. The van der Waals surface area contributed by atoms with Gasteiger partial charge < -0.3 is 13.3 Å². The van der Waals surface area contributed by atoms with Crippen LogP contribution in [-0.4, -0.2) is 0 Å². The molecule has 25 aromatic carbocycles. The Morgan fingerprint density at radius 3 is 0.770 bits per heavy atom. The third-order valence-electron chi connectivity index (χ3n) is 26.1. The molecule has 0 aliphatic carbocycles. The first-order chi connectivity index (χ1) is 77.0. The molecule has 0 N–H and O–H groups in total. The second-order valence-corrected chi connectivity index (χ2v) is 33.5. The van der Waals surface area contributed by atoms with Crippen LogP contribution in [0.3, 0.4) is 0 Å². The normalized spacial score (nSPS) is 14.2. The molecule has 135 heavy (non-hydrogen) atoms. The highest BCUT2D eigenvalue weighted by Crippen LogP contribution is 2.52. The van der Waals surface area contributed by atoms with Crippen molar-refractivity contribution in [2.75, 3.05) is 0 Å². The fraction of sp³-hybridized carbons (Fsp3) is 0. The van der Waals surface area contributed by atoms with Crippen LogP contribution in [-0.2, 0) is 0 Å². The van der Waals surface area contributed by atoms with Crippen LogP contribution in [0.5, 0.6) is 0 Å². The van der Waals surface area contributed by atoms with E-state index in [-0.39, 0.29) is 137 Å². The third-order valence-corrected chi connectivity index (χ3v) is 26.1. The quantitative estimate of drug-likeness (QED) is 0.101. The van der Waals surface area contributed by atoms with Gasteiger partial charge in [0.25, 0.3) is 0 Å². The predicted octanol–water partition coefficient (Wildman–Crippen LogP) is 37.8. The number of furan rings is 3. The molecule has 0 radical (unpaired) electrons. The van der Waals surface area contributed by atoms with Gasteiger partial charge in [-0.05, 0) is 257 Å². The zero-order valence-electron chi connectivity index (χ0n) is 95.7. The molecule has 0 aliphatic heterocycles. The highest BCUT2D eigenvalue weighted by molar-refractivity contribution is 6.27. The molecule has 3 heterocycles. The summed E-state index contributed by atoms with van der Waals surface area (Å²) in [4.78, 5) is 0. The van der Waals surface area contributed by atoms with Crippen molar-refractivity contribution in [1.29, 1.82) is 0 Å². The Hall–Kier alpha value is -17.8. The molecular weight excluding hydrogens is 1630 g/mol. The van der Waals surface area contributed by atoms with Crippen molar-refractivity contribution >= 4 is 163 Å². The molecule has 0 spiro atoms. The van der Waals surface area contributed by atoms with Crippen LogP contribution in [0, 0.1) is 0 Å². The summed E-state index contributed by atoms with van der Waals surface area (Å²) >= 11 is 0. The maximum absolute atomic E-state index is 9.33. The molecule has 0 atom stereocenters. The van der Waals surface area contributed by atoms with Crippen molar-refractivity contribution in [3.63, 3.8) is 0 Å². The largest absolute Gasteiger partial charge is 0.456 e. The van der Waals surface area contributed by atoms with E-state index in [0.717, 1.165) is 143 Å². The fourth-order valence-electron chi connectivity index (χ4n) is 20.2. The highest BCUT2D eigenvalue weighted by atomic mass is 16.3. The summed E-state index contributed by atoms with van der Waals surface area (Å²) in [6, 6.07) is 104. The van der Waals surface area contributed by atoms with Crippen molar-refractivity contribution in [2.45, 2.75) is 0 Å². The lowest BCUT2D eigenvalue weighted by Crippen LogP contribution is -1.92. The van der Waals surface area contributed by atoms with E-state index in [1.165, 1.54) is 0 Å². The van der Waals surface area contributed by atoms with Gasteiger partial charge in [0.2, 0.25) is 0 Å². The first-order valence-electron chi connectivity index (χ1n) is 56.4. The molecule has 3 heteroatoms. The van der Waals surface area contributed by atoms with Crippen LogP contribution in [0.15, 0.2) is 510 Å². The van der Waals surface area contributed by atoms with E-state index in [9.17, 15) is 16.4 Å². The van der Waals surface area contributed by atoms with Gasteiger partial charge in [-0.25, -0.2) is 0 Å². The molecule has 0 unspecified atom stereocenters. The summed E-state index contributed by atoms with van der Waals surface area (Å²) in [5.41, 5.74) is 17.1. The Morgan fingerprint density at radius 1 is 0.133 bits per heavy atom. The molecule has 3 aromatic heterocycles. The van der Waals surface area contributed by atoms with Crippen LogP contribution in [0.1, 0.15) is 32.9 Å². The molecule has 0 fully saturated rings. The Kier molecular flexibility index (Phi) is 13.9. The van der Waals surface area contributed by atoms with Gasteiger partial charge in [0.1, 0.15) is 33.5 Å². The molecule has 0 amide bonds. The molecule has 628 valence electrons. The van der Waals surface area contributed by atoms with E-state index in [1.807, 2.05) is 352 Å². The Bertz CT molecular complexity index is 11000. The molecule has 28 aromatic rings. The topological polar surface area (TPSA) is 39.4 Å². The summed E-state index contributed by atoms with van der Waals surface area (Å²) in [5, 5.41) is 14.0. The van der Waals surface area contributed by atoms with Crippen LogP contribution in [0.2, 0.25) is 0 Å². The highest BCUT2D eigenvalue weighted by Gasteiger charge is 2.25. The van der Waals surface area contributed by atoms with Crippen molar-refractivity contribution in [1.82, 2.24) is 0 Å². The van der Waals surface area contributed by atoms with Gasteiger partial charge in [0.05, 0.1) is 32.9 Å². The number of benzene rings is 25. The number of fused-ring (bicyclic) bond motifs is 19. The Balaban J connectivity index is 0.000000118. The smallest absolute Gasteiger partial charge is 0.136 e. The molecule has 0 aliphatic rings. The monoisotopic (exact) mass is 1740 g/mol. The minimum atomic E-state index is -0.429. The lowest BCUT2D eigenvalue weighted by atomic mass is 9.83.